The Morgan fingerprint density at radius 1 is 0.947 bits per heavy atom. The monoisotopic (exact) mass is 512 g/mol. The van der Waals surface area contributed by atoms with Crippen LogP contribution in [0.4, 0.5) is 0 Å². The van der Waals surface area contributed by atoms with Gasteiger partial charge in [-0.15, -0.1) is 5.92 Å². The number of carbonyl (C=O) groups excluding carboxylic acids is 1. The van der Waals surface area contributed by atoms with E-state index < -0.39 is 0 Å². The van der Waals surface area contributed by atoms with E-state index in [1.807, 2.05) is 31.2 Å². The average Bonchev–Trinajstić information content (AvgIpc) is 2.93. The van der Waals surface area contributed by atoms with Crippen LogP contribution in [-0.2, 0) is 33.7 Å². The van der Waals surface area contributed by atoms with Gasteiger partial charge >= 0.3 is 5.97 Å². The molecular formula is C33H36O5. The molecule has 5 nitrogen and oxygen atoms in total. The molecule has 0 bridgehead atoms. The average molecular weight is 513 g/mol. The van der Waals surface area contributed by atoms with Crippen molar-refractivity contribution in [3.05, 3.63) is 82.4 Å². The first-order valence-electron chi connectivity index (χ1n) is 13.2. The molecule has 4 rings (SSSR count). The minimum Gasteiger partial charge on any atom is -0.491 e. The molecule has 1 aliphatic carbocycles. The summed E-state index contributed by atoms with van der Waals surface area (Å²) in [5.41, 5.74) is 8.60. The molecule has 3 aromatic carbocycles. The lowest BCUT2D eigenvalue weighted by atomic mass is 9.82. The van der Waals surface area contributed by atoms with Gasteiger partial charge in [0.25, 0.3) is 0 Å². The molecular weight excluding hydrogens is 476 g/mol. The molecule has 5 heteroatoms. The van der Waals surface area contributed by atoms with E-state index in [9.17, 15) is 4.79 Å². The highest BCUT2D eigenvalue weighted by Gasteiger charge is 2.20. The molecule has 3 aromatic rings. The van der Waals surface area contributed by atoms with Gasteiger partial charge in [-0.25, -0.2) is 0 Å². The summed E-state index contributed by atoms with van der Waals surface area (Å²) in [6, 6.07) is 18.7. The van der Waals surface area contributed by atoms with Crippen molar-refractivity contribution in [1.29, 1.82) is 0 Å². The fourth-order valence-corrected chi connectivity index (χ4v) is 4.93. The molecule has 0 N–H and O–H groups in total. The third kappa shape index (κ3) is 6.76. The van der Waals surface area contributed by atoms with Gasteiger partial charge in [0.1, 0.15) is 24.7 Å². The van der Waals surface area contributed by atoms with Crippen molar-refractivity contribution in [3.63, 3.8) is 0 Å². The lowest BCUT2D eigenvalue weighted by molar-refractivity contribution is -0.140. The second-order valence-electron chi connectivity index (χ2n) is 9.40. The summed E-state index contributed by atoms with van der Waals surface area (Å²) in [5.74, 6) is 7.23. The number of rotatable bonds is 11. The predicted octanol–water partition coefficient (Wildman–Crippen LogP) is 6.42. The number of esters is 1. The van der Waals surface area contributed by atoms with Crippen molar-refractivity contribution < 1.29 is 23.7 Å². The zero-order valence-electron chi connectivity index (χ0n) is 22.8. The van der Waals surface area contributed by atoms with Crippen LogP contribution in [0, 0.1) is 18.8 Å². The Bertz CT molecular complexity index is 1310. The Balaban J connectivity index is 1.45. The van der Waals surface area contributed by atoms with Gasteiger partial charge in [0.2, 0.25) is 0 Å². The first-order chi connectivity index (χ1) is 18.5. The standard InChI is InChI=1S/C33H36O5/c1-5-7-27(21-32(34)35-4)25-12-14-29(15-13-25)38-22-24-8-9-26-10-11-28-20-30(37-17-16-36-6-2)18-23(3)33(28)31(26)19-24/h8-9,12-15,18-20,27H,6,10-11,16-17,21-22H2,1-4H3/t27-/m0/s1. The van der Waals surface area contributed by atoms with Crippen molar-refractivity contribution >= 4 is 5.97 Å². The van der Waals surface area contributed by atoms with Gasteiger partial charge < -0.3 is 18.9 Å². The van der Waals surface area contributed by atoms with E-state index in [0.29, 0.717) is 26.4 Å². The third-order valence-electron chi connectivity index (χ3n) is 6.80. The summed E-state index contributed by atoms with van der Waals surface area (Å²) >= 11 is 0. The van der Waals surface area contributed by atoms with Crippen molar-refractivity contribution in [2.75, 3.05) is 26.9 Å². The Hall–Kier alpha value is -3.75. The number of hydrogen-bond acceptors (Lipinski definition) is 5. The Kier molecular flexibility index (Phi) is 9.46. The van der Waals surface area contributed by atoms with Gasteiger partial charge in [-0.3, -0.25) is 4.79 Å². The Morgan fingerprint density at radius 2 is 1.74 bits per heavy atom. The number of fused-ring (bicyclic) bond motifs is 3. The molecule has 198 valence electrons. The topological polar surface area (TPSA) is 54.0 Å². The predicted molar refractivity (Wildman–Crippen MR) is 150 cm³/mol. The number of methoxy groups -OCH3 is 1. The highest BCUT2D eigenvalue weighted by Crippen LogP contribution is 2.39. The van der Waals surface area contributed by atoms with Crippen LogP contribution in [0.15, 0.2) is 54.6 Å². The van der Waals surface area contributed by atoms with E-state index in [1.165, 1.54) is 34.9 Å². The molecule has 0 amide bonds. The van der Waals surface area contributed by atoms with Crippen molar-refractivity contribution in [1.82, 2.24) is 0 Å². The highest BCUT2D eigenvalue weighted by atomic mass is 16.5. The molecule has 1 atom stereocenters. The largest absolute Gasteiger partial charge is 0.491 e. The van der Waals surface area contributed by atoms with Crippen molar-refractivity contribution in [3.8, 4) is 34.5 Å². The third-order valence-corrected chi connectivity index (χ3v) is 6.80. The highest BCUT2D eigenvalue weighted by molar-refractivity contribution is 5.77. The molecule has 0 spiro atoms. The summed E-state index contributed by atoms with van der Waals surface area (Å²) in [4.78, 5) is 11.8. The molecule has 0 saturated heterocycles. The second-order valence-corrected chi connectivity index (χ2v) is 9.40. The van der Waals surface area contributed by atoms with Gasteiger partial charge in [-0.1, -0.05) is 30.2 Å². The molecule has 38 heavy (non-hydrogen) atoms. The molecule has 1 aliphatic rings. The Morgan fingerprint density at radius 3 is 2.47 bits per heavy atom. The summed E-state index contributed by atoms with van der Waals surface area (Å²) in [6.07, 6.45) is 2.25. The van der Waals surface area contributed by atoms with Crippen molar-refractivity contribution in [2.45, 2.75) is 52.6 Å². The zero-order chi connectivity index (χ0) is 26.9. The SMILES string of the molecule is CC#C[C@@H](CC(=O)OC)c1ccc(OCc2ccc3c(c2)-c2c(C)cc(OCCOCC)cc2CC3)cc1. The van der Waals surface area contributed by atoms with E-state index in [4.69, 9.17) is 18.9 Å². The Labute approximate surface area is 226 Å². The van der Waals surface area contributed by atoms with Crippen LogP contribution in [-0.4, -0.2) is 32.9 Å². The number of hydrogen-bond donors (Lipinski definition) is 0. The molecule has 0 unspecified atom stereocenters. The molecule has 0 aromatic heterocycles. The maximum absolute atomic E-state index is 11.8. The lowest BCUT2D eigenvalue weighted by Crippen LogP contribution is -2.10. The fraction of sp³-hybridized carbons (Fsp3) is 0.364. The molecule has 0 saturated carbocycles. The second kappa shape index (κ2) is 13.2. The summed E-state index contributed by atoms with van der Waals surface area (Å²) in [7, 11) is 1.40. The van der Waals surface area contributed by atoms with E-state index in [0.717, 1.165) is 35.5 Å². The minimum absolute atomic E-state index is 0.193. The summed E-state index contributed by atoms with van der Waals surface area (Å²) < 4.78 is 22.3. The molecule has 0 aliphatic heterocycles. The van der Waals surface area contributed by atoms with E-state index in [2.05, 4.69) is 49.1 Å². The zero-order valence-corrected chi connectivity index (χ0v) is 22.8. The van der Waals surface area contributed by atoms with Crippen molar-refractivity contribution in [2.24, 2.45) is 0 Å². The van der Waals surface area contributed by atoms with Gasteiger partial charge in [-0.05, 0) is 103 Å². The van der Waals surface area contributed by atoms with E-state index >= 15 is 0 Å². The maximum Gasteiger partial charge on any atom is 0.307 e. The fourth-order valence-electron chi connectivity index (χ4n) is 4.93. The van der Waals surface area contributed by atoms with Crippen LogP contribution >= 0.6 is 0 Å². The van der Waals surface area contributed by atoms with E-state index in [1.54, 1.807) is 6.92 Å². The van der Waals surface area contributed by atoms with Crippen LogP contribution < -0.4 is 9.47 Å². The molecule has 0 fully saturated rings. The minimum atomic E-state index is -0.271. The molecule has 0 radical (unpaired) electrons. The van der Waals surface area contributed by atoms with Crippen LogP contribution in [0.1, 0.15) is 54.0 Å². The maximum atomic E-state index is 11.8. The number of ether oxygens (including phenoxy) is 4. The summed E-state index contributed by atoms with van der Waals surface area (Å²) in [6.45, 7) is 8.25. The quantitative estimate of drug-likeness (QED) is 0.168. The number of aryl methyl sites for hydroxylation is 3. The van der Waals surface area contributed by atoms with Crippen LogP contribution in [0.2, 0.25) is 0 Å². The van der Waals surface area contributed by atoms with E-state index in [-0.39, 0.29) is 18.3 Å². The van der Waals surface area contributed by atoms with Crippen LogP contribution in [0.25, 0.3) is 11.1 Å². The summed E-state index contributed by atoms with van der Waals surface area (Å²) in [5, 5.41) is 0. The normalized spacial score (nSPS) is 12.4. The lowest BCUT2D eigenvalue weighted by Gasteiger charge is -2.24. The van der Waals surface area contributed by atoms with Gasteiger partial charge in [0, 0.05) is 6.61 Å². The smallest absolute Gasteiger partial charge is 0.307 e. The van der Waals surface area contributed by atoms with Gasteiger partial charge in [0.15, 0.2) is 0 Å². The molecule has 0 heterocycles. The number of benzene rings is 3. The van der Waals surface area contributed by atoms with Crippen LogP contribution in [0.3, 0.4) is 0 Å². The van der Waals surface area contributed by atoms with Gasteiger partial charge in [0.05, 0.1) is 26.1 Å². The number of carbonyl (C=O) groups is 1. The van der Waals surface area contributed by atoms with Gasteiger partial charge in [-0.2, -0.15) is 0 Å². The first-order valence-corrected chi connectivity index (χ1v) is 13.2. The van der Waals surface area contributed by atoms with Crippen LogP contribution in [0.5, 0.6) is 11.5 Å². The first kappa shape index (κ1) is 27.3.